The Hall–Kier alpha value is -2.39. The summed E-state index contributed by atoms with van der Waals surface area (Å²) in [6.07, 6.45) is 1.59. The third-order valence-electron chi connectivity index (χ3n) is 3.72. The number of aromatic amines is 1. The van der Waals surface area contributed by atoms with Crippen LogP contribution in [-0.4, -0.2) is 35.7 Å². The quantitative estimate of drug-likeness (QED) is 0.731. The number of aromatic nitrogens is 2. The molecule has 0 aromatic carbocycles. The number of carbonyl (C=O) groups excluding carboxylic acids is 1. The number of ether oxygens (including phenoxy) is 1. The lowest BCUT2D eigenvalue weighted by molar-refractivity contribution is 0.0979. The van der Waals surface area contributed by atoms with Crippen LogP contribution in [0.15, 0.2) is 27.1 Å². The number of methoxy groups -OCH3 is 1. The van der Waals surface area contributed by atoms with E-state index in [0.29, 0.717) is 11.4 Å². The lowest BCUT2D eigenvalue weighted by Crippen LogP contribution is -2.42. The molecule has 0 aliphatic heterocycles. The highest BCUT2D eigenvalue weighted by atomic mass is 32.1. The number of thiophene rings is 1. The number of amides is 1. The van der Waals surface area contributed by atoms with Gasteiger partial charge in [-0.3, -0.25) is 24.0 Å². The molecule has 2 aromatic heterocycles. The molecular weight excluding hydrogens is 344 g/mol. The lowest BCUT2D eigenvalue weighted by Gasteiger charge is -2.23. The normalized spacial score (nSPS) is 10.8. The van der Waals surface area contributed by atoms with Crippen molar-refractivity contribution in [2.75, 3.05) is 30.9 Å². The summed E-state index contributed by atoms with van der Waals surface area (Å²) in [7, 11) is 1.50. The minimum Gasteiger partial charge on any atom is -0.383 e. The van der Waals surface area contributed by atoms with E-state index >= 15 is 0 Å². The Morgan fingerprint density at radius 2 is 2.20 bits per heavy atom. The van der Waals surface area contributed by atoms with Gasteiger partial charge in [0.1, 0.15) is 5.82 Å². The first-order chi connectivity index (χ1) is 12.0. The van der Waals surface area contributed by atoms with Crippen molar-refractivity contribution in [3.63, 3.8) is 0 Å². The summed E-state index contributed by atoms with van der Waals surface area (Å²) in [6, 6.07) is 3.42. The minimum atomic E-state index is -0.684. The average Bonchev–Trinajstić information content (AvgIpc) is 3.11. The maximum absolute atomic E-state index is 12.8. The van der Waals surface area contributed by atoms with Gasteiger partial charge in [-0.1, -0.05) is 19.4 Å². The van der Waals surface area contributed by atoms with Crippen molar-refractivity contribution in [3.8, 4) is 0 Å². The number of nitrogens with two attached hydrogens (primary N) is 1. The summed E-state index contributed by atoms with van der Waals surface area (Å²) in [4.78, 5) is 41.3. The summed E-state index contributed by atoms with van der Waals surface area (Å²) in [5, 5.41) is 1.78. The van der Waals surface area contributed by atoms with Gasteiger partial charge in [-0.15, -0.1) is 11.3 Å². The Balaban J connectivity index is 2.54. The van der Waals surface area contributed by atoms with E-state index in [2.05, 4.69) is 4.98 Å². The summed E-state index contributed by atoms with van der Waals surface area (Å²) in [5.41, 5.74) is 4.82. The van der Waals surface area contributed by atoms with E-state index in [9.17, 15) is 14.4 Å². The van der Waals surface area contributed by atoms with E-state index in [0.717, 1.165) is 12.8 Å². The average molecular weight is 366 g/mol. The molecule has 0 saturated carbocycles. The molecule has 2 heterocycles. The number of nitrogens with one attached hydrogen (secondary N) is 1. The fourth-order valence-electron chi connectivity index (χ4n) is 2.41. The van der Waals surface area contributed by atoms with Crippen LogP contribution >= 0.6 is 11.3 Å². The standard InChI is InChI=1S/C16H22N4O4S/c1-3-4-7-20-13(17)12(14(21)18-16(20)23)19(8-9-24-2)15(22)11-6-5-10-25-11/h5-6,10H,3-4,7-9,17H2,1-2H3,(H,18,21,23). The molecule has 0 unspecified atom stereocenters. The molecule has 136 valence electrons. The third kappa shape index (κ3) is 4.18. The van der Waals surface area contributed by atoms with E-state index in [1.807, 2.05) is 6.92 Å². The van der Waals surface area contributed by atoms with Gasteiger partial charge in [-0.25, -0.2) is 4.79 Å². The number of H-pyrrole nitrogens is 1. The molecule has 3 N–H and O–H groups in total. The highest BCUT2D eigenvalue weighted by molar-refractivity contribution is 7.12. The van der Waals surface area contributed by atoms with Gasteiger partial charge in [0.2, 0.25) is 0 Å². The van der Waals surface area contributed by atoms with E-state index < -0.39 is 11.2 Å². The van der Waals surface area contributed by atoms with Gasteiger partial charge in [0.25, 0.3) is 11.5 Å². The van der Waals surface area contributed by atoms with Crippen LogP contribution in [0.3, 0.4) is 0 Å². The van der Waals surface area contributed by atoms with Crippen LogP contribution in [0.4, 0.5) is 11.5 Å². The van der Waals surface area contributed by atoms with Crippen molar-refractivity contribution in [2.45, 2.75) is 26.3 Å². The van der Waals surface area contributed by atoms with Crippen LogP contribution in [0.2, 0.25) is 0 Å². The molecule has 0 aliphatic rings. The van der Waals surface area contributed by atoms with Crippen molar-refractivity contribution in [3.05, 3.63) is 43.2 Å². The largest absolute Gasteiger partial charge is 0.383 e. The number of unbranched alkanes of at least 4 members (excludes halogenated alkanes) is 1. The number of hydrogen-bond donors (Lipinski definition) is 2. The van der Waals surface area contributed by atoms with Gasteiger partial charge in [0.05, 0.1) is 11.5 Å². The van der Waals surface area contributed by atoms with Crippen molar-refractivity contribution in [1.29, 1.82) is 0 Å². The fourth-order valence-corrected chi connectivity index (χ4v) is 3.08. The molecule has 0 radical (unpaired) electrons. The molecule has 0 saturated heterocycles. The molecule has 2 aromatic rings. The molecule has 0 spiro atoms. The summed E-state index contributed by atoms with van der Waals surface area (Å²) in [5.74, 6) is -0.367. The van der Waals surface area contributed by atoms with Crippen LogP contribution in [0.25, 0.3) is 0 Å². The Labute approximate surface area is 148 Å². The predicted molar refractivity (Wildman–Crippen MR) is 98.5 cm³/mol. The molecule has 25 heavy (non-hydrogen) atoms. The first-order valence-electron chi connectivity index (χ1n) is 7.98. The SMILES string of the molecule is CCCCn1c(N)c(N(CCOC)C(=O)c2cccs2)c(=O)[nH]c1=O. The van der Waals surface area contributed by atoms with Crippen LogP contribution in [-0.2, 0) is 11.3 Å². The Morgan fingerprint density at radius 1 is 1.44 bits per heavy atom. The summed E-state index contributed by atoms with van der Waals surface area (Å²) >= 11 is 1.27. The highest BCUT2D eigenvalue weighted by Gasteiger charge is 2.25. The first-order valence-corrected chi connectivity index (χ1v) is 8.86. The van der Waals surface area contributed by atoms with Crippen molar-refractivity contribution < 1.29 is 9.53 Å². The number of carbonyl (C=O) groups is 1. The Bertz CT molecular complexity index is 826. The van der Waals surface area contributed by atoms with E-state index in [-0.39, 0.29) is 30.6 Å². The Kier molecular flexibility index (Phi) is 6.54. The van der Waals surface area contributed by atoms with Gasteiger partial charge in [-0.05, 0) is 17.9 Å². The van der Waals surface area contributed by atoms with Crippen LogP contribution in [0.1, 0.15) is 29.4 Å². The molecule has 2 rings (SSSR count). The molecule has 8 nitrogen and oxygen atoms in total. The van der Waals surface area contributed by atoms with Gasteiger partial charge >= 0.3 is 5.69 Å². The van der Waals surface area contributed by atoms with Gasteiger partial charge in [0, 0.05) is 20.2 Å². The zero-order valence-corrected chi connectivity index (χ0v) is 15.1. The number of nitrogens with zero attached hydrogens (tertiary/aromatic N) is 2. The number of anilines is 2. The molecule has 0 atom stereocenters. The van der Waals surface area contributed by atoms with Gasteiger partial charge in [-0.2, -0.15) is 0 Å². The summed E-state index contributed by atoms with van der Waals surface area (Å²) < 4.78 is 6.34. The maximum atomic E-state index is 12.8. The Morgan fingerprint density at radius 3 is 2.80 bits per heavy atom. The molecule has 1 amide bonds. The topological polar surface area (TPSA) is 110 Å². The fraction of sp³-hybridized carbons (Fsp3) is 0.438. The van der Waals surface area contributed by atoms with Crippen LogP contribution < -0.4 is 21.9 Å². The second kappa shape index (κ2) is 8.63. The molecule has 9 heteroatoms. The van der Waals surface area contributed by atoms with Crippen LogP contribution in [0, 0.1) is 0 Å². The van der Waals surface area contributed by atoms with Gasteiger partial charge < -0.3 is 10.5 Å². The minimum absolute atomic E-state index is 0.0109. The first kappa shape index (κ1) is 18.9. The molecule has 0 aliphatic carbocycles. The molecule has 0 fully saturated rings. The van der Waals surface area contributed by atoms with Crippen LogP contribution in [0.5, 0.6) is 0 Å². The predicted octanol–water partition coefficient (Wildman–Crippen LogP) is 1.27. The highest BCUT2D eigenvalue weighted by Crippen LogP contribution is 2.21. The van der Waals surface area contributed by atoms with Gasteiger partial charge in [0.15, 0.2) is 5.69 Å². The second-order valence-electron chi connectivity index (χ2n) is 5.43. The zero-order chi connectivity index (χ0) is 18.4. The van der Waals surface area contributed by atoms with Crippen molar-refractivity contribution in [2.24, 2.45) is 0 Å². The molecule has 0 bridgehead atoms. The smallest absolute Gasteiger partial charge is 0.330 e. The maximum Gasteiger partial charge on any atom is 0.330 e. The lowest BCUT2D eigenvalue weighted by atomic mass is 10.3. The third-order valence-corrected chi connectivity index (χ3v) is 4.57. The number of nitrogen functional groups attached to an aromatic ring is 1. The van der Waals surface area contributed by atoms with E-state index in [4.69, 9.17) is 10.5 Å². The summed E-state index contributed by atoms with van der Waals surface area (Å²) in [6.45, 7) is 2.73. The monoisotopic (exact) mass is 366 g/mol. The van der Waals surface area contributed by atoms with E-state index in [1.54, 1.807) is 17.5 Å². The van der Waals surface area contributed by atoms with Crippen molar-refractivity contribution >= 4 is 28.7 Å². The number of hydrogen-bond acceptors (Lipinski definition) is 6. The second-order valence-corrected chi connectivity index (χ2v) is 6.37. The molecular formula is C16H22N4O4S. The zero-order valence-electron chi connectivity index (χ0n) is 14.3. The van der Waals surface area contributed by atoms with Crippen molar-refractivity contribution in [1.82, 2.24) is 9.55 Å². The number of rotatable bonds is 8. The van der Waals surface area contributed by atoms with E-state index in [1.165, 1.54) is 27.9 Å².